The van der Waals surface area contributed by atoms with Gasteiger partial charge in [-0.15, -0.1) is 0 Å². The highest BCUT2D eigenvalue weighted by Gasteiger charge is 2.26. The molecule has 162 valence electrons. The van der Waals surface area contributed by atoms with Crippen LogP contribution < -0.4 is 10.6 Å². The molecule has 0 saturated carbocycles. The molecule has 0 bridgehead atoms. The van der Waals surface area contributed by atoms with E-state index in [2.05, 4.69) is 73.8 Å². The van der Waals surface area contributed by atoms with E-state index >= 15 is 0 Å². The zero-order chi connectivity index (χ0) is 22.1. The zero-order valence-corrected chi connectivity index (χ0v) is 19.1. The molecule has 3 aromatic rings. The van der Waals surface area contributed by atoms with Gasteiger partial charge in [-0.3, -0.25) is 4.79 Å². The number of carbonyl (C=O) groups excluding carboxylic acids is 1. The first-order valence-corrected chi connectivity index (χ1v) is 11.1. The first-order chi connectivity index (χ1) is 14.9. The summed E-state index contributed by atoms with van der Waals surface area (Å²) in [6.07, 6.45) is 0.974. The van der Waals surface area contributed by atoms with Gasteiger partial charge in [0.05, 0.1) is 5.56 Å². The topological polar surface area (TPSA) is 67.2 Å². The largest absolute Gasteiger partial charge is 0.355 e. The van der Waals surface area contributed by atoms with Crippen LogP contribution in [0.25, 0.3) is 22.5 Å². The number of hydrogen-bond acceptors (Lipinski definition) is 4. The Bertz CT molecular complexity index is 1130. The van der Waals surface area contributed by atoms with Gasteiger partial charge in [-0.05, 0) is 79.1 Å². The number of fused-ring (bicyclic) bond motifs is 1. The Hall–Kier alpha value is -2.92. The summed E-state index contributed by atoms with van der Waals surface area (Å²) in [6.45, 7) is 12.9. The summed E-state index contributed by atoms with van der Waals surface area (Å²) in [4.78, 5) is 12.8. The SMILES string of the molecule is CCNC(=O)c1noc(-c2cc(C(C)C)c(C)cc2C)c1-c1ccc2c(c1)CCNC2. The summed E-state index contributed by atoms with van der Waals surface area (Å²) in [5.74, 6) is 0.847. The van der Waals surface area contributed by atoms with Gasteiger partial charge in [0.25, 0.3) is 5.91 Å². The second-order valence-electron chi connectivity index (χ2n) is 8.68. The van der Waals surface area contributed by atoms with Crippen LogP contribution in [0.3, 0.4) is 0 Å². The van der Waals surface area contributed by atoms with E-state index in [1.807, 2.05) is 6.92 Å². The lowest BCUT2D eigenvalue weighted by Gasteiger charge is -2.18. The minimum absolute atomic E-state index is 0.208. The molecule has 0 spiro atoms. The molecule has 0 saturated heterocycles. The number of benzene rings is 2. The third-order valence-electron chi connectivity index (χ3n) is 6.11. The second kappa shape index (κ2) is 8.67. The summed E-state index contributed by atoms with van der Waals surface area (Å²) in [5, 5.41) is 10.5. The molecule has 0 fully saturated rings. The Morgan fingerprint density at radius 1 is 1.16 bits per heavy atom. The summed E-state index contributed by atoms with van der Waals surface area (Å²) in [6, 6.07) is 10.8. The molecule has 1 aliphatic heterocycles. The van der Waals surface area contributed by atoms with Gasteiger partial charge in [-0.2, -0.15) is 0 Å². The van der Waals surface area contributed by atoms with Gasteiger partial charge in [0.15, 0.2) is 11.5 Å². The minimum Gasteiger partial charge on any atom is -0.355 e. The molecule has 0 radical (unpaired) electrons. The number of nitrogens with zero attached hydrogens (tertiary/aromatic N) is 1. The number of aryl methyl sites for hydroxylation is 2. The van der Waals surface area contributed by atoms with Gasteiger partial charge in [0.1, 0.15) is 0 Å². The molecule has 5 nitrogen and oxygen atoms in total. The summed E-state index contributed by atoms with van der Waals surface area (Å²) < 4.78 is 5.88. The number of hydrogen-bond donors (Lipinski definition) is 2. The van der Waals surface area contributed by atoms with Crippen LogP contribution in [0.15, 0.2) is 34.9 Å². The van der Waals surface area contributed by atoms with Crippen LogP contribution in [0.1, 0.15) is 65.0 Å². The van der Waals surface area contributed by atoms with Crippen LogP contribution in [0.4, 0.5) is 0 Å². The lowest BCUT2D eigenvalue weighted by molar-refractivity contribution is 0.0947. The maximum atomic E-state index is 12.8. The molecule has 1 aliphatic rings. The molecule has 1 aromatic heterocycles. The van der Waals surface area contributed by atoms with Crippen LogP contribution in [0.5, 0.6) is 0 Å². The van der Waals surface area contributed by atoms with E-state index in [9.17, 15) is 4.79 Å². The molecule has 0 atom stereocenters. The molecule has 4 rings (SSSR count). The number of carbonyl (C=O) groups is 1. The summed E-state index contributed by atoms with van der Waals surface area (Å²) >= 11 is 0. The van der Waals surface area contributed by atoms with E-state index in [4.69, 9.17) is 4.52 Å². The van der Waals surface area contributed by atoms with E-state index < -0.39 is 0 Å². The number of nitrogens with one attached hydrogen (secondary N) is 2. The fourth-order valence-electron chi connectivity index (χ4n) is 4.51. The van der Waals surface area contributed by atoms with E-state index in [1.54, 1.807) is 0 Å². The van der Waals surface area contributed by atoms with Gasteiger partial charge in [-0.1, -0.05) is 43.3 Å². The second-order valence-corrected chi connectivity index (χ2v) is 8.68. The summed E-state index contributed by atoms with van der Waals surface area (Å²) in [5.41, 5.74) is 9.36. The van der Waals surface area contributed by atoms with Crippen molar-refractivity contribution in [3.05, 3.63) is 63.8 Å². The first kappa shape index (κ1) is 21.3. The van der Waals surface area contributed by atoms with Crippen molar-refractivity contribution >= 4 is 5.91 Å². The van der Waals surface area contributed by atoms with Crippen LogP contribution in [-0.4, -0.2) is 24.2 Å². The van der Waals surface area contributed by atoms with Crippen LogP contribution >= 0.6 is 0 Å². The standard InChI is InChI=1S/C26H31N3O2/c1-6-28-26(30)24-23(19-7-8-20-14-27-10-9-18(20)12-19)25(31-29-24)22-13-21(15(2)3)16(4)11-17(22)5/h7-8,11-13,15,27H,6,9-10,14H2,1-5H3,(H,28,30). The van der Waals surface area contributed by atoms with E-state index in [0.717, 1.165) is 41.8 Å². The van der Waals surface area contributed by atoms with Crippen LogP contribution in [-0.2, 0) is 13.0 Å². The normalized spacial score (nSPS) is 13.4. The van der Waals surface area contributed by atoms with Gasteiger partial charge in [0, 0.05) is 18.7 Å². The van der Waals surface area contributed by atoms with Crippen LogP contribution in [0.2, 0.25) is 0 Å². The zero-order valence-electron chi connectivity index (χ0n) is 19.1. The monoisotopic (exact) mass is 417 g/mol. The highest BCUT2D eigenvalue weighted by atomic mass is 16.5. The van der Waals surface area contributed by atoms with Gasteiger partial charge >= 0.3 is 0 Å². The fraction of sp³-hybridized carbons (Fsp3) is 0.385. The maximum absolute atomic E-state index is 12.8. The molecular formula is C26H31N3O2. The van der Waals surface area contributed by atoms with Crippen molar-refractivity contribution in [3.63, 3.8) is 0 Å². The fourth-order valence-corrected chi connectivity index (χ4v) is 4.51. The predicted molar refractivity (Wildman–Crippen MR) is 124 cm³/mol. The minimum atomic E-state index is -0.208. The average molecular weight is 418 g/mol. The molecule has 0 aliphatic carbocycles. The molecule has 1 amide bonds. The molecule has 5 heteroatoms. The Balaban J connectivity index is 1.93. The van der Waals surface area contributed by atoms with Crippen molar-refractivity contribution in [1.29, 1.82) is 0 Å². The molecule has 31 heavy (non-hydrogen) atoms. The van der Waals surface area contributed by atoms with Crippen molar-refractivity contribution < 1.29 is 9.32 Å². The number of rotatable bonds is 5. The smallest absolute Gasteiger partial charge is 0.274 e. The quantitative estimate of drug-likeness (QED) is 0.603. The van der Waals surface area contributed by atoms with Crippen molar-refractivity contribution in [3.8, 4) is 22.5 Å². The van der Waals surface area contributed by atoms with E-state index in [0.29, 0.717) is 23.9 Å². The number of amides is 1. The third-order valence-corrected chi connectivity index (χ3v) is 6.11. The average Bonchev–Trinajstić information content (AvgIpc) is 3.18. The van der Waals surface area contributed by atoms with Gasteiger partial charge < -0.3 is 15.2 Å². The Labute approximate surface area is 184 Å². The predicted octanol–water partition coefficient (Wildman–Crippen LogP) is 5.14. The lowest BCUT2D eigenvalue weighted by atomic mass is 9.89. The lowest BCUT2D eigenvalue weighted by Crippen LogP contribution is -2.24. The Morgan fingerprint density at radius 2 is 1.97 bits per heavy atom. The Kier molecular flexibility index (Phi) is 5.96. The first-order valence-electron chi connectivity index (χ1n) is 11.1. The van der Waals surface area contributed by atoms with E-state index in [-0.39, 0.29) is 5.91 Å². The Morgan fingerprint density at radius 3 is 2.71 bits per heavy atom. The van der Waals surface area contributed by atoms with E-state index in [1.165, 1.54) is 22.3 Å². The molecular weight excluding hydrogens is 386 g/mol. The molecule has 2 aromatic carbocycles. The van der Waals surface area contributed by atoms with Crippen molar-refractivity contribution in [2.45, 2.75) is 53.5 Å². The maximum Gasteiger partial charge on any atom is 0.274 e. The molecule has 0 unspecified atom stereocenters. The van der Waals surface area contributed by atoms with Gasteiger partial charge in [-0.25, -0.2) is 0 Å². The molecule has 2 N–H and O–H groups in total. The highest BCUT2D eigenvalue weighted by molar-refractivity contribution is 6.02. The van der Waals surface area contributed by atoms with Crippen LogP contribution in [0, 0.1) is 13.8 Å². The summed E-state index contributed by atoms with van der Waals surface area (Å²) in [7, 11) is 0. The highest BCUT2D eigenvalue weighted by Crippen LogP contribution is 2.39. The molecule has 2 heterocycles. The van der Waals surface area contributed by atoms with Gasteiger partial charge in [0.2, 0.25) is 0 Å². The third kappa shape index (κ3) is 4.02. The van der Waals surface area contributed by atoms with Crippen molar-refractivity contribution in [2.75, 3.05) is 13.1 Å². The number of aromatic nitrogens is 1. The van der Waals surface area contributed by atoms with Crippen molar-refractivity contribution in [2.24, 2.45) is 0 Å². The van der Waals surface area contributed by atoms with Crippen molar-refractivity contribution in [1.82, 2.24) is 15.8 Å².